The monoisotopic (exact) mass is 448 g/mol. The Labute approximate surface area is 178 Å². The smallest absolute Gasteiger partial charge is 0.406 e. The highest BCUT2D eigenvalue weighted by atomic mass is 32.2. The summed E-state index contributed by atoms with van der Waals surface area (Å²) >= 11 is 1.21. The number of benzene rings is 2. The predicted molar refractivity (Wildman–Crippen MR) is 110 cm³/mol. The molecule has 0 radical (unpaired) electrons. The van der Waals surface area contributed by atoms with Crippen LogP contribution in [0.4, 0.5) is 18.9 Å². The molecule has 11 heteroatoms. The van der Waals surface area contributed by atoms with E-state index in [-0.39, 0.29) is 6.42 Å². The summed E-state index contributed by atoms with van der Waals surface area (Å²) in [6.45, 7) is 0. The number of aromatic nitrogens is 2. The number of rotatable bonds is 6. The fraction of sp³-hybridized carbons (Fsp3) is 0.200. The van der Waals surface area contributed by atoms with Crippen LogP contribution in [0.3, 0.4) is 0 Å². The first-order chi connectivity index (χ1) is 14.7. The Kier molecular flexibility index (Phi) is 5.68. The molecule has 1 atom stereocenters. The summed E-state index contributed by atoms with van der Waals surface area (Å²) in [6, 6.07) is 12.3. The number of H-pyrrole nitrogens is 1. The Bertz CT molecular complexity index is 1130. The molecule has 0 saturated heterocycles. The Hall–Kier alpha value is -3.34. The summed E-state index contributed by atoms with van der Waals surface area (Å²) in [5.74, 6) is -0.571. The molecule has 1 aliphatic heterocycles. The van der Waals surface area contributed by atoms with Crippen molar-refractivity contribution in [3.05, 3.63) is 54.4 Å². The highest BCUT2D eigenvalue weighted by molar-refractivity contribution is 8.15. The molecule has 0 spiro atoms. The number of anilines is 1. The Morgan fingerprint density at radius 1 is 1.16 bits per heavy atom. The number of fused-ring (bicyclic) bond motifs is 1. The summed E-state index contributed by atoms with van der Waals surface area (Å²) in [5.41, 5.74) is 1.99. The number of carbonyl (C=O) groups excluding carboxylic acids is 2. The average molecular weight is 448 g/mol. The molecule has 7 nitrogen and oxygen atoms in total. The molecule has 4 rings (SSSR count). The molecule has 1 aromatic heterocycles. The van der Waals surface area contributed by atoms with E-state index < -0.39 is 29.2 Å². The van der Waals surface area contributed by atoms with Crippen LogP contribution in [0.2, 0.25) is 0 Å². The number of ether oxygens (including phenoxy) is 1. The van der Waals surface area contributed by atoms with Gasteiger partial charge in [-0.3, -0.25) is 9.59 Å². The third-order valence-corrected chi connectivity index (χ3v) is 5.45. The lowest BCUT2D eigenvalue weighted by atomic mass is 10.2. The number of halogens is 3. The Morgan fingerprint density at radius 2 is 1.90 bits per heavy atom. The molecule has 3 aromatic rings. The summed E-state index contributed by atoms with van der Waals surface area (Å²) in [4.78, 5) is 36.1. The SMILES string of the molecule is O=C(C[C@@H]1SC(Cc2nc3ccccc3[nH]2)=NC1=O)Nc1ccc(OC(F)(F)F)cc1. The van der Waals surface area contributed by atoms with Gasteiger partial charge < -0.3 is 15.0 Å². The Morgan fingerprint density at radius 3 is 2.61 bits per heavy atom. The van der Waals surface area contributed by atoms with Crippen molar-refractivity contribution in [3.63, 3.8) is 0 Å². The number of nitrogens with zero attached hydrogens (tertiary/aromatic N) is 2. The first kappa shape index (κ1) is 20.9. The lowest BCUT2D eigenvalue weighted by Gasteiger charge is -2.11. The second kappa shape index (κ2) is 8.42. The number of thioether (sulfide) groups is 1. The van der Waals surface area contributed by atoms with E-state index >= 15 is 0 Å². The molecule has 1 aliphatic rings. The minimum Gasteiger partial charge on any atom is -0.406 e. The topological polar surface area (TPSA) is 96.4 Å². The zero-order chi connectivity index (χ0) is 22.0. The number of nitrogens with one attached hydrogen (secondary N) is 2. The van der Waals surface area contributed by atoms with Crippen LogP contribution in [0.15, 0.2) is 53.5 Å². The highest BCUT2D eigenvalue weighted by Gasteiger charge is 2.32. The molecule has 0 unspecified atom stereocenters. The van der Waals surface area contributed by atoms with Crippen LogP contribution < -0.4 is 10.1 Å². The van der Waals surface area contributed by atoms with Gasteiger partial charge in [0.05, 0.1) is 22.5 Å². The molecule has 0 aliphatic carbocycles. The highest BCUT2D eigenvalue weighted by Crippen LogP contribution is 2.28. The first-order valence-corrected chi connectivity index (χ1v) is 10.0. The van der Waals surface area contributed by atoms with Crippen molar-refractivity contribution >= 4 is 45.3 Å². The maximum Gasteiger partial charge on any atom is 0.573 e. The predicted octanol–water partition coefficient (Wildman–Crippen LogP) is 4.07. The molecule has 2 N–H and O–H groups in total. The van der Waals surface area contributed by atoms with E-state index in [1.54, 1.807) is 0 Å². The number of imidazole rings is 1. The summed E-state index contributed by atoms with van der Waals surface area (Å²) < 4.78 is 40.4. The number of amides is 2. The summed E-state index contributed by atoms with van der Waals surface area (Å²) in [7, 11) is 0. The quantitative estimate of drug-likeness (QED) is 0.593. The van der Waals surface area contributed by atoms with E-state index in [4.69, 9.17) is 0 Å². The van der Waals surface area contributed by atoms with E-state index in [1.807, 2.05) is 24.3 Å². The van der Waals surface area contributed by atoms with Gasteiger partial charge in [0, 0.05) is 12.1 Å². The first-order valence-electron chi connectivity index (χ1n) is 9.12. The standard InChI is InChI=1S/C20H15F3N4O3S/c21-20(22,23)30-12-7-5-11(6-8-12)24-17(28)9-15-19(29)27-18(31-15)10-16-25-13-3-1-2-4-14(13)26-16/h1-8,15H,9-10H2,(H,24,28)(H,25,26)/t15-/m0/s1. The molecule has 2 heterocycles. The maximum atomic E-state index is 12.3. The third kappa shape index (κ3) is 5.43. The van der Waals surface area contributed by atoms with Gasteiger partial charge in [0.1, 0.15) is 16.8 Å². The van der Waals surface area contributed by atoms with Crippen molar-refractivity contribution in [2.75, 3.05) is 5.32 Å². The van der Waals surface area contributed by atoms with Crippen molar-refractivity contribution in [3.8, 4) is 5.75 Å². The number of hydrogen-bond donors (Lipinski definition) is 2. The fourth-order valence-corrected chi connectivity index (χ4v) is 4.08. The molecular formula is C20H15F3N4O3S. The van der Waals surface area contributed by atoms with Crippen LogP contribution in [0.5, 0.6) is 5.75 Å². The van der Waals surface area contributed by atoms with Crippen molar-refractivity contribution in [1.29, 1.82) is 0 Å². The van der Waals surface area contributed by atoms with Gasteiger partial charge in [0.25, 0.3) is 5.91 Å². The average Bonchev–Trinajstić information content (AvgIpc) is 3.24. The van der Waals surface area contributed by atoms with Crippen LogP contribution in [0, 0.1) is 0 Å². The second-order valence-corrected chi connectivity index (χ2v) is 7.93. The lowest BCUT2D eigenvalue weighted by molar-refractivity contribution is -0.274. The van der Waals surface area contributed by atoms with Gasteiger partial charge in [0.2, 0.25) is 5.91 Å². The summed E-state index contributed by atoms with van der Waals surface area (Å²) in [5, 5.41) is 2.46. The van der Waals surface area contributed by atoms with E-state index in [2.05, 4.69) is 25.0 Å². The molecule has 0 saturated carbocycles. The normalized spacial score (nSPS) is 16.4. The second-order valence-electron chi connectivity index (χ2n) is 6.65. The van der Waals surface area contributed by atoms with E-state index in [9.17, 15) is 22.8 Å². The molecule has 0 fully saturated rings. The van der Waals surface area contributed by atoms with Crippen molar-refractivity contribution in [1.82, 2.24) is 9.97 Å². The van der Waals surface area contributed by atoms with Gasteiger partial charge in [-0.25, -0.2) is 9.98 Å². The van der Waals surface area contributed by atoms with Crippen molar-refractivity contribution in [2.24, 2.45) is 4.99 Å². The van der Waals surface area contributed by atoms with Gasteiger partial charge in [-0.15, -0.1) is 13.2 Å². The number of carbonyl (C=O) groups is 2. The molecule has 2 amide bonds. The van der Waals surface area contributed by atoms with Crippen LogP contribution in [-0.4, -0.2) is 38.4 Å². The molecule has 0 bridgehead atoms. The van der Waals surface area contributed by atoms with Crippen LogP contribution in [-0.2, 0) is 16.0 Å². The minimum absolute atomic E-state index is 0.114. The van der Waals surface area contributed by atoms with E-state index in [0.717, 1.165) is 23.2 Å². The number of hydrogen-bond acceptors (Lipinski definition) is 5. The fourth-order valence-electron chi connectivity index (χ4n) is 3.00. The van der Waals surface area contributed by atoms with Gasteiger partial charge in [-0.05, 0) is 36.4 Å². The molecule has 31 heavy (non-hydrogen) atoms. The molecule has 2 aromatic carbocycles. The van der Waals surface area contributed by atoms with Gasteiger partial charge in [-0.2, -0.15) is 0 Å². The maximum absolute atomic E-state index is 12.3. The molecular weight excluding hydrogens is 433 g/mol. The van der Waals surface area contributed by atoms with Crippen LogP contribution in [0.25, 0.3) is 11.0 Å². The van der Waals surface area contributed by atoms with Crippen LogP contribution in [0.1, 0.15) is 12.2 Å². The van der Waals surface area contributed by atoms with Crippen LogP contribution >= 0.6 is 11.8 Å². The number of aromatic amines is 1. The zero-order valence-corrected chi connectivity index (χ0v) is 16.6. The number of aliphatic imine (C=N–C) groups is 1. The van der Waals surface area contributed by atoms with Gasteiger partial charge in [0.15, 0.2) is 0 Å². The minimum atomic E-state index is -4.79. The number of para-hydroxylation sites is 2. The molecule has 160 valence electrons. The lowest BCUT2D eigenvalue weighted by Crippen LogP contribution is -2.21. The van der Waals surface area contributed by atoms with Gasteiger partial charge in [-0.1, -0.05) is 23.9 Å². The van der Waals surface area contributed by atoms with E-state index in [1.165, 1.54) is 23.9 Å². The Balaban J connectivity index is 1.30. The largest absolute Gasteiger partial charge is 0.573 e. The summed E-state index contributed by atoms with van der Waals surface area (Å²) in [6.07, 6.45) is -4.55. The van der Waals surface area contributed by atoms with Crippen molar-refractivity contribution < 1.29 is 27.5 Å². The van der Waals surface area contributed by atoms with E-state index in [0.29, 0.717) is 23.0 Å². The van der Waals surface area contributed by atoms with Crippen molar-refractivity contribution in [2.45, 2.75) is 24.5 Å². The van der Waals surface area contributed by atoms with Gasteiger partial charge >= 0.3 is 6.36 Å². The third-order valence-electron chi connectivity index (χ3n) is 4.29. The zero-order valence-electron chi connectivity index (χ0n) is 15.8. The number of alkyl halides is 3.